The van der Waals surface area contributed by atoms with Gasteiger partial charge in [-0.15, -0.1) is 4.83 Å². The lowest BCUT2D eigenvalue weighted by Gasteiger charge is -2.14. The average molecular weight is 439 g/mol. The summed E-state index contributed by atoms with van der Waals surface area (Å²) in [6, 6.07) is 14.0. The molecule has 1 unspecified atom stereocenters. The molecule has 1 atom stereocenters. The Kier molecular flexibility index (Phi) is 6.97. The number of amides is 1. The zero-order chi connectivity index (χ0) is 19.3. The Bertz CT molecular complexity index is 847. The molecule has 1 amide bonds. The third kappa shape index (κ3) is 5.65. The number of rotatable bonds is 7. The molecule has 0 radical (unpaired) electrons. The monoisotopic (exact) mass is 438 g/mol. The molecule has 7 heteroatoms. The Morgan fingerprint density at radius 2 is 1.58 bits per heavy atom. The number of hydrogen-bond donors (Lipinski definition) is 2. The maximum absolute atomic E-state index is 12.3. The Hall–Kier alpha value is -1.70. The van der Waals surface area contributed by atoms with Crippen molar-refractivity contribution in [1.82, 2.24) is 10.3 Å². The highest BCUT2D eigenvalue weighted by atomic mass is 79.9. The first-order valence-corrected chi connectivity index (χ1v) is 10.6. The van der Waals surface area contributed by atoms with Crippen LogP contribution in [-0.2, 0) is 21.2 Å². The maximum Gasteiger partial charge on any atom is 0.257 e. The zero-order valence-corrected chi connectivity index (χ0v) is 17.4. The van der Waals surface area contributed by atoms with E-state index in [1.165, 1.54) is 17.7 Å². The zero-order valence-electron chi connectivity index (χ0n) is 15.0. The minimum absolute atomic E-state index is 0.0756. The third-order valence-electron chi connectivity index (χ3n) is 3.95. The molecule has 0 aliphatic heterocycles. The Morgan fingerprint density at radius 1 is 1.00 bits per heavy atom. The second-order valence-electron chi connectivity index (χ2n) is 6.61. The summed E-state index contributed by atoms with van der Waals surface area (Å²) in [5.41, 5.74) is 4.34. The van der Waals surface area contributed by atoms with Gasteiger partial charge in [-0.25, -0.2) is 8.42 Å². The molecule has 2 aromatic rings. The molecular formula is C19H23BrN2O3S. The molecule has 0 bridgehead atoms. The second kappa shape index (κ2) is 8.79. The van der Waals surface area contributed by atoms with Crippen molar-refractivity contribution in [3.8, 4) is 0 Å². The smallest absolute Gasteiger partial charge is 0.257 e. The standard InChI is InChI=1S/C19H23BrN2O3S/c1-13(2)12-15-4-6-16(7-5-15)14(3)19(23)21-22-26(24,25)18-10-8-17(20)9-11-18/h4-11,13-14,22H,12H2,1-3H3,(H,21,23). The van der Waals surface area contributed by atoms with Crippen LogP contribution in [0.4, 0.5) is 0 Å². The van der Waals surface area contributed by atoms with E-state index in [0.717, 1.165) is 16.5 Å². The molecule has 5 nitrogen and oxygen atoms in total. The Labute approximate surface area is 163 Å². The summed E-state index contributed by atoms with van der Waals surface area (Å²) in [7, 11) is -3.81. The molecule has 0 saturated carbocycles. The van der Waals surface area contributed by atoms with Gasteiger partial charge in [-0.2, -0.15) is 0 Å². The number of hydrogen-bond acceptors (Lipinski definition) is 3. The van der Waals surface area contributed by atoms with Gasteiger partial charge in [0.25, 0.3) is 10.0 Å². The highest BCUT2D eigenvalue weighted by Crippen LogP contribution is 2.18. The first kappa shape index (κ1) is 20.6. The quantitative estimate of drug-likeness (QED) is 0.646. The second-order valence-corrected chi connectivity index (χ2v) is 9.21. The summed E-state index contributed by atoms with van der Waals surface area (Å²) in [5, 5.41) is 0. The Balaban J connectivity index is 1.99. The van der Waals surface area contributed by atoms with E-state index in [2.05, 4.69) is 40.0 Å². The van der Waals surface area contributed by atoms with Gasteiger partial charge in [-0.05, 0) is 54.7 Å². The molecule has 0 aromatic heterocycles. The van der Waals surface area contributed by atoms with E-state index in [0.29, 0.717) is 5.92 Å². The van der Waals surface area contributed by atoms with Crippen LogP contribution in [0.2, 0.25) is 0 Å². The van der Waals surface area contributed by atoms with Gasteiger partial charge in [0.05, 0.1) is 10.8 Å². The normalized spacial score (nSPS) is 12.8. The van der Waals surface area contributed by atoms with Crippen molar-refractivity contribution >= 4 is 31.9 Å². The molecule has 0 aliphatic rings. The van der Waals surface area contributed by atoms with Gasteiger partial charge in [0, 0.05) is 4.47 Å². The van der Waals surface area contributed by atoms with E-state index in [1.54, 1.807) is 19.1 Å². The molecule has 2 rings (SSSR count). The molecule has 26 heavy (non-hydrogen) atoms. The topological polar surface area (TPSA) is 75.3 Å². The number of halogens is 1. The highest BCUT2D eigenvalue weighted by Gasteiger charge is 2.19. The van der Waals surface area contributed by atoms with E-state index in [4.69, 9.17) is 0 Å². The first-order chi connectivity index (χ1) is 12.2. The van der Waals surface area contributed by atoms with Gasteiger partial charge in [-0.1, -0.05) is 54.0 Å². The van der Waals surface area contributed by atoms with E-state index < -0.39 is 21.8 Å². The van der Waals surface area contributed by atoms with Crippen LogP contribution in [0.15, 0.2) is 57.9 Å². The van der Waals surface area contributed by atoms with Crippen LogP contribution in [0, 0.1) is 5.92 Å². The van der Waals surface area contributed by atoms with Gasteiger partial charge in [0.1, 0.15) is 0 Å². The minimum atomic E-state index is -3.81. The molecule has 140 valence electrons. The lowest BCUT2D eigenvalue weighted by atomic mass is 9.96. The summed E-state index contributed by atoms with van der Waals surface area (Å²) in [6.07, 6.45) is 0.980. The van der Waals surface area contributed by atoms with Crippen LogP contribution in [-0.4, -0.2) is 14.3 Å². The average Bonchev–Trinajstić information content (AvgIpc) is 2.59. The van der Waals surface area contributed by atoms with Crippen LogP contribution in [0.25, 0.3) is 0 Å². The summed E-state index contributed by atoms with van der Waals surface area (Å²) >= 11 is 3.25. The summed E-state index contributed by atoms with van der Waals surface area (Å²) in [5.74, 6) is -0.326. The molecular weight excluding hydrogens is 416 g/mol. The van der Waals surface area contributed by atoms with Crippen LogP contribution in [0.3, 0.4) is 0 Å². The molecule has 0 saturated heterocycles. The number of benzene rings is 2. The van der Waals surface area contributed by atoms with Crippen molar-refractivity contribution in [2.45, 2.75) is 38.0 Å². The van der Waals surface area contributed by atoms with Crippen LogP contribution in [0.1, 0.15) is 37.8 Å². The number of carbonyl (C=O) groups excluding carboxylic acids is 1. The van der Waals surface area contributed by atoms with Gasteiger partial charge >= 0.3 is 0 Å². The lowest BCUT2D eigenvalue weighted by Crippen LogP contribution is -2.43. The van der Waals surface area contributed by atoms with Crippen LogP contribution < -0.4 is 10.3 Å². The number of carbonyl (C=O) groups is 1. The van der Waals surface area contributed by atoms with Crippen molar-refractivity contribution in [1.29, 1.82) is 0 Å². The first-order valence-electron chi connectivity index (χ1n) is 8.35. The maximum atomic E-state index is 12.3. The van der Waals surface area contributed by atoms with E-state index in [9.17, 15) is 13.2 Å². The molecule has 0 fully saturated rings. The van der Waals surface area contributed by atoms with Crippen molar-refractivity contribution in [3.05, 3.63) is 64.1 Å². The predicted molar refractivity (Wildman–Crippen MR) is 106 cm³/mol. The van der Waals surface area contributed by atoms with E-state index >= 15 is 0 Å². The lowest BCUT2D eigenvalue weighted by molar-refractivity contribution is -0.122. The Morgan fingerprint density at radius 3 is 2.12 bits per heavy atom. The largest absolute Gasteiger partial charge is 0.277 e. The fourth-order valence-electron chi connectivity index (χ4n) is 2.46. The SMILES string of the molecule is CC(C)Cc1ccc(C(C)C(=O)NNS(=O)(=O)c2ccc(Br)cc2)cc1. The molecule has 0 aliphatic carbocycles. The summed E-state index contributed by atoms with van der Waals surface area (Å²) in [6.45, 7) is 6.05. The van der Waals surface area contributed by atoms with Gasteiger partial charge in [0.2, 0.25) is 5.91 Å². The molecule has 0 heterocycles. The highest BCUT2D eigenvalue weighted by molar-refractivity contribution is 9.10. The van der Waals surface area contributed by atoms with E-state index in [1.807, 2.05) is 24.3 Å². The van der Waals surface area contributed by atoms with Crippen LogP contribution in [0.5, 0.6) is 0 Å². The van der Waals surface area contributed by atoms with E-state index in [-0.39, 0.29) is 4.90 Å². The summed E-state index contributed by atoms with van der Waals surface area (Å²) in [4.78, 5) is 14.5. The predicted octanol–water partition coefficient (Wildman–Crippen LogP) is 3.76. The van der Waals surface area contributed by atoms with Crippen molar-refractivity contribution in [2.24, 2.45) is 5.92 Å². The van der Waals surface area contributed by atoms with Gasteiger partial charge in [0.15, 0.2) is 0 Å². The minimum Gasteiger partial charge on any atom is -0.277 e. The molecule has 2 N–H and O–H groups in total. The van der Waals surface area contributed by atoms with Gasteiger partial charge in [-0.3, -0.25) is 10.2 Å². The fraction of sp³-hybridized carbons (Fsp3) is 0.316. The van der Waals surface area contributed by atoms with Crippen molar-refractivity contribution in [2.75, 3.05) is 0 Å². The van der Waals surface area contributed by atoms with Crippen molar-refractivity contribution < 1.29 is 13.2 Å². The molecule has 0 spiro atoms. The van der Waals surface area contributed by atoms with Crippen molar-refractivity contribution in [3.63, 3.8) is 0 Å². The third-order valence-corrected chi connectivity index (χ3v) is 5.74. The number of sulfonamides is 1. The van der Waals surface area contributed by atoms with Gasteiger partial charge < -0.3 is 0 Å². The molecule has 2 aromatic carbocycles. The number of hydrazine groups is 1. The summed E-state index contributed by atoms with van der Waals surface area (Å²) < 4.78 is 25.2. The fourth-order valence-corrected chi connectivity index (χ4v) is 3.58. The van der Waals surface area contributed by atoms with Crippen LogP contribution >= 0.6 is 15.9 Å². The number of nitrogens with one attached hydrogen (secondary N) is 2.